The highest BCUT2D eigenvalue weighted by atomic mass is 16.5. The van der Waals surface area contributed by atoms with Gasteiger partial charge in [-0.1, -0.05) is 0 Å². The third-order valence-electron chi connectivity index (χ3n) is 3.49. The highest BCUT2D eigenvalue weighted by molar-refractivity contribution is 5.96. The number of nitrogens with one attached hydrogen (secondary N) is 3. The number of anilines is 2. The number of piperidine rings is 1. The van der Waals surface area contributed by atoms with Crippen molar-refractivity contribution in [3.05, 3.63) is 18.2 Å². The molecule has 0 saturated carbocycles. The first-order valence-corrected chi connectivity index (χ1v) is 7.07. The second-order valence-electron chi connectivity index (χ2n) is 5.11. The van der Waals surface area contributed by atoms with Gasteiger partial charge in [0.25, 0.3) is 0 Å². The molecule has 1 fully saturated rings. The molecule has 21 heavy (non-hydrogen) atoms. The van der Waals surface area contributed by atoms with Crippen LogP contribution in [0.3, 0.4) is 0 Å². The van der Waals surface area contributed by atoms with Crippen LogP contribution in [0.4, 0.5) is 11.4 Å². The molecule has 1 aromatic rings. The average Bonchev–Trinajstić information content (AvgIpc) is 2.48. The van der Waals surface area contributed by atoms with Crippen LogP contribution < -0.4 is 20.7 Å². The van der Waals surface area contributed by atoms with Gasteiger partial charge < -0.3 is 20.7 Å². The van der Waals surface area contributed by atoms with E-state index >= 15 is 0 Å². The van der Waals surface area contributed by atoms with Gasteiger partial charge in [-0.05, 0) is 44.1 Å². The number of rotatable bonds is 4. The third-order valence-corrected chi connectivity index (χ3v) is 3.49. The van der Waals surface area contributed by atoms with Crippen LogP contribution in [0.5, 0.6) is 5.75 Å². The van der Waals surface area contributed by atoms with E-state index in [9.17, 15) is 9.59 Å². The Morgan fingerprint density at radius 2 is 1.95 bits per heavy atom. The van der Waals surface area contributed by atoms with Crippen molar-refractivity contribution in [3.8, 4) is 5.75 Å². The summed E-state index contributed by atoms with van der Waals surface area (Å²) in [6.45, 7) is 3.17. The van der Waals surface area contributed by atoms with Crippen LogP contribution in [-0.4, -0.2) is 32.0 Å². The Balaban J connectivity index is 2.12. The van der Waals surface area contributed by atoms with Crippen molar-refractivity contribution < 1.29 is 14.3 Å². The van der Waals surface area contributed by atoms with Gasteiger partial charge >= 0.3 is 0 Å². The molecule has 1 aliphatic rings. The zero-order valence-electron chi connectivity index (χ0n) is 12.4. The monoisotopic (exact) mass is 291 g/mol. The van der Waals surface area contributed by atoms with E-state index in [1.54, 1.807) is 25.3 Å². The Morgan fingerprint density at radius 3 is 2.57 bits per heavy atom. The van der Waals surface area contributed by atoms with E-state index in [1.807, 2.05) is 0 Å². The number of carbonyl (C=O) groups is 2. The fourth-order valence-electron chi connectivity index (χ4n) is 2.41. The molecule has 0 spiro atoms. The lowest BCUT2D eigenvalue weighted by Crippen LogP contribution is -2.34. The smallest absolute Gasteiger partial charge is 0.227 e. The van der Waals surface area contributed by atoms with E-state index in [0.717, 1.165) is 25.9 Å². The largest absolute Gasteiger partial charge is 0.495 e. The van der Waals surface area contributed by atoms with Gasteiger partial charge in [0.05, 0.1) is 12.8 Å². The van der Waals surface area contributed by atoms with Crippen LogP contribution in [-0.2, 0) is 9.59 Å². The first kappa shape index (κ1) is 15.3. The van der Waals surface area contributed by atoms with Gasteiger partial charge in [-0.15, -0.1) is 0 Å². The Labute approximate surface area is 124 Å². The maximum absolute atomic E-state index is 12.3. The summed E-state index contributed by atoms with van der Waals surface area (Å²) in [5, 5.41) is 8.83. The fraction of sp³-hybridized carbons (Fsp3) is 0.467. The minimum atomic E-state index is -0.157. The van der Waals surface area contributed by atoms with Crippen molar-refractivity contribution in [2.45, 2.75) is 19.8 Å². The molecule has 0 atom stereocenters. The van der Waals surface area contributed by atoms with Crippen molar-refractivity contribution in [1.29, 1.82) is 0 Å². The zero-order chi connectivity index (χ0) is 15.2. The molecule has 1 saturated heterocycles. The number of hydrogen-bond acceptors (Lipinski definition) is 4. The number of carbonyl (C=O) groups excluding carboxylic acids is 2. The molecule has 0 bridgehead atoms. The van der Waals surface area contributed by atoms with Crippen LogP contribution in [0.15, 0.2) is 18.2 Å². The Morgan fingerprint density at radius 1 is 1.24 bits per heavy atom. The first-order valence-electron chi connectivity index (χ1n) is 7.07. The van der Waals surface area contributed by atoms with Gasteiger partial charge in [0.1, 0.15) is 5.75 Å². The lowest BCUT2D eigenvalue weighted by Gasteiger charge is -2.22. The van der Waals surface area contributed by atoms with E-state index in [4.69, 9.17) is 4.74 Å². The summed E-state index contributed by atoms with van der Waals surface area (Å²) in [5.74, 6) is 0.428. The maximum atomic E-state index is 12.3. The van der Waals surface area contributed by atoms with Crippen molar-refractivity contribution in [3.63, 3.8) is 0 Å². The fourth-order valence-corrected chi connectivity index (χ4v) is 2.41. The molecule has 6 nitrogen and oxygen atoms in total. The topological polar surface area (TPSA) is 79.5 Å². The average molecular weight is 291 g/mol. The molecule has 0 aromatic heterocycles. The first-order chi connectivity index (χ1) is 10.1. The molecule has 0 unspecified atom stereocenters. The number of hydrogen-bond donors (Lipinski definition) is 3. The number of ether oxygens (including phenoxy) is 1. The maximum Gasteiger partial charge on any atom is 0.227 e. The quantitative estimate of drug-likeness (QED) is 0.787. The number of methoxy groups -OCH3 is 1. The van der Waals surface area contributed by atoms with E-state index in [2.05, 4.69) is 16.0 Å². The molecular weight excluding hydrogens is 270 g/mol. The van der Waals surface area contributed by atoms with E-state index in [-0.39, 0.29) is 17.7 Å². The van der Waals surface area contributed by atoms with Crippen LogP contribution in [0.1, 0.15) is 19.8 Å². The summed E-state index contributed by atoms with van der Waals surface area (Å²) in [6, 6.07) is 5.17. The molecule has 1 aromatic carbocycles. The number of amides is 2. The second kappa shape index (κ2) is 7.08. The van der Waals surface area contributed by atoms with Crippen molar-refractivity contribution in [1.82, 2.24) is 5.32 Å². The summed E-state index contributed by atoms with van der Waals surface area (Å²) in [4.78, 5) is 23.4. The molecule has 114 valence electrons. The van der Waals surface area contributed by atoms with Gasteiger partial charge in [0, 0.05) is 18.5 Å². The van der Waals surface area contributed by atoms with Crippen molar-refractivity contribution in [2.24, 2.45) is 5.92 Å². The summed E-state index contributed by atoms with van der Waals surface area (Å²) in [6.07, 6.45) is 1.67. The summed E-state index contributed by atoms with van der Waals surface area (Å²) in [5.41, 5.74) is 1.20. The van der Waals surface area contributed by atoms with Gasteiger partial charge in [0.15, 0.2) is 0 Å². The minimum Gasteiger partial charge on any atom is -0.495 e. The molecule has 3 N–H and O–H groups in total. The van der Waals surface area contributed by atoms with Crippen LogP contribution in [0.2, 0.25) is 0 Å². The predicted molar refractivity (Wildman–Crippen MR) is 81.5 cm³/mol. The molecule has 2 amide bonds. The molecule has 0 radical (unpaired) electrons. The molecule has 2 rings (SSSR count). The Kier molecular flexibility index (Phi) is 5.16. The highest BCUT2D eigenvalue weighted by Gasteiger charge is 2.21. The Hall–Kier alpha value is -2.08. The lowest BCUT2D eigenvalue weighted by molar-refractivity contribution is -0.120. The third kappa shape index (κ3) is 4.19. The predicted octanol–water partition coefficient (Wildman–Crippen LogP) is 1.59. The molecule has 1 heterocycles. The van der Waals surface area contributed by atoms with Gasteiger partial charge in [0.2, 0.25) is 11.8 Å². The zero-order valence-corrected chi connectivity index (χ0v) is 12.4. The van der Waals surface area contributed by atoms with Crippen LogP contribution >= 0.6 is 0 Å². The minimum absolute atomic E-state index is 0.00484. The summed E-state index contributed by atoms with van der Waals surface area (Å²) < 4.78 is 5.25. The van der Waals surface area contributed by atoms with E-state index < -0.39 is 0 Å². The molecular formula is C15H21N3O3. The second-order valence-corrected chi connectivity index (χ2v) is 5.11. The number of benzene rings is 1. The van der Waals surface area contributed by atoms with Gasteiger partial charge in [-0.2, -0.15) is 0 Å². The lowest BCUT2D eigenvalue weighted by atomic mass is 9.97. The van der Waals surface area contributed by atoms with Crippen molar-refractivity contribution in [2.75, 3.05) is 30.8 Å². The van der Waals surface area contributed by atoms with Gasteiger partial charge in [-0.3, -0.25) is 9.59 Å². The highest BCUT2D eigenvalue weighted by Crippen LogP contribution is 2.29. The SMILES string of the molecule is COc1ccc(NC(C)=O)cc1NC(=O)C1CCNCC1. The standard InChI is InChI=1S/C15H21N3O3/c1-10(19)17-12-3-4-14(21-2)13(9-12)18-15(20)11-5-7-16-8-6-11/h3-4,9,11,16H,5-8H2,1-2H3,(H,17,19)(H,18,20). The molecule has 0 aliphatic carbocycles. The molecule has 6 heteroatoms. The normalized spacial score (nSPS) is 15.3. The molecule has 1 aliphatic heterocycles. The Bertz CT molecular complexity index is 525. The van der Waals surface area contributed by atoms with E-state index in [1.165, 1.54) is 6.92 Å². The van der Waals surface area contributed by atoms with Crippen LogP contribution in [0, 0.1) is 5.92 Å². The van der Waals surface area contributed by atoms with E-state index in [0.29, 0.717) is 17.1 Å². The van der Waals surface area contributed by atoms with Crippen LogP contribution in [0.25, 0.3) is 0 Å². The van der Waals surface area contributed by atoms with Gasteiger partial charge in [-0.25, -0.2) is 0 Å². The van der Waals surface area contributed by atoms with Crippen molar-refractivity contribution >= 4 is 23.2 Å². The summed E-state index contributed by atoms with van der Waals surface area (Å²) >= 11 is 0. The summed E-state index contributed by atoms with van der Waals surface area (Å²) in [7, 11) is 1.55.